The van der Waals surface area contributed by atoms with Gasteiger partial charge in [-0.25, -0.2) is 24.3 Å². The number of pyridine rings is 1. The molecule has 4 aromatic heterocycles. The SMILES string of the molecule is CCCc1c(Cn2ccnc2-c2ncccc2F)ncnc1-c1cnccn1. The summed E-state index contributed by atoms with van der Waals surface area (Å²) in [4.78, 5) is 25.9. The van der Waals surface area contributed by atoms with E-state index in [0.717, 1.165) is 29.8 Å². The van der Waals surface area contributed by atoms with Gasteiger partial charge in [0.1, 0.15) is 17.7 Å². The molecule has 0 aliphatic carbocycles. The molecular formula is C20H18FN7. The third-order valence-corrected chi connectivity index (χ3v) is 4.35. The van der Waals surface area contributed by atoms with Crippen LogP contribution in [-0.2, 0) is 13.0 Å². The predicted octanol–water partition coefficient (Wildman–Crippen LogP) is 3.33. The number of hydrogen-bond acceptors (Lipinski definition) is 6. The van der Waals surface area contributed by atoms with E-state index in [2.05, 4.69) is 36.8 Å². The van der Waals surface area contributed by atoms with Gasteiger partial charge in [-0.3, -0.25) is 9.97 Å². The molecule has 0 bridgehead atoms. The molecule has 8 heteroatoms. The molecule has 4 rings (SSSR count). The van der Waals surface area contributed by atoms with Crippen LogP contribution in [0.1, 0.15) is 24.6 Å². The van der Waals surface area contributed by atoms with Crippen LogP contribution in [0, 0.1) is 5.82 Å². The summed E-state index contributed by atoms with van der Waals surface area (Å²) in [7, 11) is 0. The van der Waals surface area contributed by atoms with E-state index in [0.29, 0.717) is 18.1 Å². The minimum Gasteiger partial charge on any atom is -0.324 e. The lowest BCUT2D eigenvalue weighted by molar-refractivity contribution is 0.621. The van der Waals surface area contributed by atoms with Crippen molar-refractivity contribution in [1.29, 1.82) is 0 Å². The van der Waals surface area contributed by atoms with Crippen molar-refractivity contribution in [2.75, 3.05) is 0 Å². The summed E-state index contributed by atoms with van der Waals surface area (Å²) >= 11 is 0. The molecule has 4 aromatic rings. The molecule has 0 atom stereocenters. The number of aromatic nitrogens is 7. The molecule has 0 fully saturated rings. The maximum Gasteiger partial charge on any atom is 0.162 e. The van der Waals surface area contributed by atoms with Crippen LogP contribution < -0.4 is 0 Å². The van der Waals surface area contributed by atoms with Gasteiger partial charge in [0.15, 0.2) is 11.6 Å². The van der Waals surface area contributed by atoms with Gasteiger partial charge in [0.25, 0.3) is 0 Å². The topological polar surface area (TPSA) is 82.3 Å². The molecule has 140 valence electrons. The molecule has 4 heterocycles. The Morgan fingerprint density at radius 2 is 1.89 bits per heavy atom. The zero-order chi connectivity index (χ0) is 19.3. The zero-order valence-electron chi connectivity index (χ0n) is 15.3. The van der Waals surface area contributed by atoms with Crippen molar-refractivity contribution in [3.8, 4) is 22.9 Å². The van der Waals surface area contributed by atoms with Crippen LogP contribution in [0.3, 0.4) is 0 Å². The van der Waals surface area contributed by atoms with Gasteiger partial charge < -0.3 is 4.57 Å². The Bertz CT molecular complexity index is 1080. The molecular weight excluding hydrogens is 357 g/mol. The van der Waals surface area contributed by atoms with Crippen molar-refractivity contribution >= 4 is 0 Å². The van der Waals surface area contributed by atoms with Crippen LogP contribution in [0.5, 0.6) is 0 Å². The summed E-state index contributed by atoms with van der Waals surface area (Å²) in [6.07, 6.45) is 13.2. The molecule has 0 aliphatic heterocycles. The first-order valence-electron chi connectivity index (χ1n) is 8.99. The van der Waals surface area contributed by atoms with Crippen LogP contribution in [0.15, 0.2) is 55.6 Å². The van der Waals surface area contributed by atoms with Crippen LogP contribution in [-0.4, -0.2) is 34.5 Å². The van der Waals surface area contributed by atoms with Gasteiger partial charge in [-0.15, -0.1) is 0 Å². The first kappa shape index (κ1) is 17.8. The van der Waals surface area contributed by atoms with Crippen LogP contribution in [0.2, 0.25) is 0 Å². The molecule has 0 aromatic carbocycles. The summed E-state index contributed by atoms with van der Waals surface area (Å²) in [5.74, 6) is 0.0480. The van der Waals surface area contributed by atoms with Gasteiger partial charge >= 0.3 is 0 Å². The lowest BCUT2D eigenvalue weighted by Gasteiger charge is -2.14. The first-order valence-corrected chi connectivity index (χ1v) is 8.99. The highest BCUT2D eigenvalue weighted by atomic mass is 19.1. The van der Waals surface area contributed by atoms with Crippen molar-refractivity contribution in [3.63, 3.8) is 0 Å². The summed E-state index contributed by atoms with van der Waals surface area (Å²) < 4.78 is 16.0. The first-order chi connectivity index (χ1) is 13.8. The molecule has 0 saturated carbocycles. The number of imidazole rings is 1. The van der Waals surface area contributed by atoms with Crippen molar-refractivity contribution in [3.05, 3.63) is 72.7 Å². The Morgan fingerprint density at radius 1 is 0.964 bits per heavy atom. The van der Waals surface area contributed by atoms with E-state index in [4.69, 9.17) is 0 Å². The third kappa shape index (κ3) is 3.48. The second kappa shape index (κ2) is 7.99. The average molecular weight is 375 g/mol. The van der Waals surface area contributed by atoms with Crippen LogP contribution in [0.4, 0.5) is 4.39 Å². The fourth-order valence-corrected chi connectivity index (χ4v) is 3.11. The van der Waals surface area contributed by atoms with Gasteiger partial charge in [-0.1, -0.05) is 13.3 Å². The van der Waals surface area contributed by atoms with Crippen LogP contribution in [0.25, 0.3) is 22.9 Å². The number of rotatable bonds is 6. The molecule has 28 heavy (non-hydrogen) atoms. The number of halogens is 1. The van der Waals surface area contributed by atoms with Crippen molar-refractivity contribution < 1.29 is 4.39 Å². The average Bonchev–Trinajstić information content (AvgIpc) is 3.18. The number of hydrogen-bond donors (Lipinski definition) is 0. The van der Waals surface area contributed by atoms with Crippen molar-refractivity contribution in [1.82, 2.24) is 34.5 Å². The molecule has 0 spiro atoms. The maximum absolute atomic E-state index is 14.2. The van der Waals surface area contributed by atoms with Crippen molar-refractivity contribution in [2.45, 2.75) is 26.3 Å². The Hall–Kier alpha value is -3.55. The van der Waals surface area contributed by atoms with Gasteiger partial charge in [0.05, 0.1) is 24.1 Å². The highest BCUT2D eigenvalue weighted by molar-refractivity contribution is 5.59. The molecule has 0 amide bonds. The maximum atomic E-state index is 14.2. The number of nitrogens with zero attached hydrogens (tertiary/aromatic N) is 7. The highest BCUT2D eigenvalue weighted by Gasteiger charge is 2.17. The van der Waals surface area contributed by atoms with E-state index in [9.17, 15) is 4.39 Å². The summed E-state index contributed by atoms with van der Waals surface area (Å²) in [6, 6.07) is 2.93. The third-order valence-electron chi connectivity index (χ3n) is 4.35. The molecule has 0 unspecified atom stereocenters. The molecule has 0 N–H and O–H groups in total. The van der Waals surface area contributed by atoms with Crippen molar-refractivity contribution in [2.24, 2.45) is 0 Å². The Balaban J connectivity index is 1.76. The molecule has 0 radical (unpaired) electrons. The summed E-state index contributed by atoms with van der Waals surface area (Å²) in [6.45, 7) is 2.53. The van der Waals surface area contributed by atoms with E-state index >= 15 is 0 Å². The second-order valence-electron chi connectivity index (χ2n) is 6.20. The predicted molar refractivity (Wildman–Crippen MR) is 102 cm³/mol. The quantitative estimate of drug-likeness (QED) is 0.514. The Kier molecular flexibility index (Phi) is 5.09. The van der Waals surface area contributed by atoms with E-state index in [-0.39, 0.29) is 5.69 Å². The van der Waals surface area contributed by atoms with Gasteiger partial charge in [-0.2, -0.15) is 0 Å². The van der Waals surface area contributed by atoms with Crippen LogP contribution >= 0.6 is 0 Å². The largest absolute Gasteiger partial charge is 0.324 e. The van der Waals surface area contributed by atoms with E-state index in [1.165, 1.54) is 12.4 Å². The monoisotopic (exact) mass is 375 g/mol. The van der Waals surface area contributed by atoms with Gasteiger partial charge in [0, 0.05) is 36.5 Å². The smallest absolute Gasteiger partial charge is 0.162 e. The molecule has 7 nitrogen and oxygen atoms in total. The lowest BCUT2D eigenvalue weighted by Crippen LogP contribution is -2.10. The Morgan fingerprint density at radius 3 is 2.68 bits per heavy atom. The minimum atomic E-state index is -0.410. The minimum absolute atomic E-state index is 0.216. The fraction of sp³-hybridized carbons (Fsp3) is 0.200. The fourth-order valence-electron chi connectivity index (χ4n) is 3.11. The van der Waals surface area contributed by atoms with E-state index < -0.39 is 5.82 Å². The zero-order valence-corrected chi connectivity index (χ0v) is 15.3. The second-order valence-corrected chi connectivity index (χ2v) is 6.20. The summed E-state index contributed by atoms with van der Waals surface area (Å²) in [5.41, 5.74) is 3.54. The van der Waals surface area contributed by atoms with Gasteiger partial charge in [-0.05, 0) is 18.6 Å². The lowest BCUT2D eigenvalue weighted by atomic mass is 10.0. The molecule has 0 saturated heterocycles. The Labute approximate surface area is 161 Å². The summed E-state index contributed by atoms with van der Waals surface area (Å²) in [5, 5.41) is 0. The standard InChI is InChI=1S/C20H18FN7/c1-2-4-14-17(26-13-27-18(14)16-11-22-7-8-23-16)12-28-10-9-25-20(28)19-15(21)5-3-6-24-19/h3,5-11,13H,2,4,12H2,1H3. The molecule has 0 aliphatic rings. The van der Waals surface area contributed by atoms with E-state index in [1.807, 2.05) is 4.57 Å². The highest BCUT2D eigenvalue weighted by Crippen LogP contribution is 2.24. The normalized spacial score (nSPS) is 10.9. The van der Waals surface area contributed by atoms with E-state index in [1.54, 1.807) is 43.2 Å². The van der Waals surface area contributed by atoms with Gasteiger partial charge in [0.2, 0.25) is 0 Å².